The molecule has 2 aromatic rings. The predicted molar refractivity (Wildman–Crippen MR) is 76.8 cm³/mol. The van der Waals surface area contributed by atoms with E-state index in [4.69, 9.17) is 5.73 Å². The van der Waals surface area contributed by atoms with Crippen molar-refractivity contribution in [3.8, 4) is 0 Å². The fourth-order valence-corrected chi connectivity index (χ4v) is 2.94. The number of hydrogen-bond donors (Lipinski definition) is 3. The molecule has 0 atom stereocenters. The molecule has 0 radical (unpaired) electrons. The Bertz CT molecular complexity index is 805. The van der Waals surface area contributed by atoms with Gasteiger partial charge in [-0.05, 0) is 30.3 Å². The van der Waals surface area contributed by atoms with Gasteiger partial charge in [0.1, 0.15) is 11.6 Å². The Morgan fingerprint density at radius 1 is 1.00 bits per heavy atom. The number of amides is 2. The maximum Gasteiger partial charge on any atom is 0.316 e. The maximum atomic E-state index is 13.6. The zero-order valence-corrected chi connectivity index (χ0v) is 11.8. The molecule has 0 spiro atoms. The number of hydrogen-bond acceptors (Lipinski definition) is 3. The monoisotopic (exact) mass is 327 g/mol. The van der Waals surface area contributed by atoms with Gasteiger partial charge in [0.25, 0.3) is 10.0 Å². The van der Waals surface area contributed by atoms with E-state index in [2.05, 4.69) is 5.32 Å². The molecule has 0 aliphatic rings. The summed E-state index contributed by atoms with van der Waals surface area (Å²) in [7, 11) is -4.46. The smallest absolute Gasteiger partial charge is 0.316 e. The molecule has 6 nitrogen and oxygen atoms in total. The SMILES string of the molecule is NC(=O)Nc1cccc(NS(=O)(=O)c2c(F)cccc2F)c1. The van der Waals surface area contributed by atoms with Gasteiger partial charge in [0.2, 0.25) is 0 Å². The van der Waals surface area contributed by atoms with Gasteiger partial charge in [-0.1, -0.05) is 12.1 Å². The highest BCUT2D eigenvalue weighted by atomic mass is 32.2. The zero-order valence-electron chi connectivity index (χ0n) is 11.0. The average Bonchev–Trinajstić information content (AvgIpc) is 2.36. The van der Waals surface area contributed by atoms with Crippen LogP contribution in [0.3, 0.4) is 0 Å². The van der Waals surface area contributed by atoms with Crippen LogP contribution in [0.15, 0.2) is 47.4 Å². The minimum atomic E-state index is -4.46. The summed E-state index contributed by atoms with van der Waals surface area (Å²) in [6, 6.07) is 7.39. The third kappa shape index (κ3) is 3.50. The van der Waals surface area contributed by atoms with Crippen molar-refractivity contribution in [2.24, 2.45) is 5.73 Å². The molecule has 0 bridgehead atoms. The normalized spacial score (nSPS) is 11.0. The number of nitrogens with two attached hydrogens (primary N) is 1. The molecule has 2 rings (SSSR count). The van der Waals surface area contributed by atoms with Gasteiger partial charge < -0.3 is 11.1 Å². The molecular formula is C13H11F2N3O3S. The third-order valence-electron chi connectivity index (χ3n) is 2.57. The number of primary amides is 1. The quantitative estimate of drug-likeness (QED) is 0.802. The minimum Gasteiger partial charge on any atom is -0.351 e. The van der Waals surface area contributed by atoms with Crippen LogP contribution in [0.1, 0.15) is 0 Å². The predicted octanol–water partition coefficient (Wildman–Crippen LogP) is 2.26. The first kappa shape index (κ1) is 15.7. The Morgan fingerprint density at radius 2 is 1.55 bits per heavy atom. The fourth-order valence-electron chi connectivity index (χ4n) is 1.75. The van der Waals surface area contributed by atoms with E-state index in [1.54, 1.807) is 0 Å². The molecule has 0 unspecified atom stereocenters. The van der Waals surface area contributed by atoms with Crippen molar-refractivity contribution < 1.29 is 22.0 Å². The van der Waals surface area contributed by atoms with E-state index in [0.717, 1.165) is 18.2 Å². The van der Waals surface area contributed by atoms with Crippen LogP contribution in [0.4, 0.5) is 25.0 Å². The zero-order chi connectivity index (χ0) is 16.3. The van der Waals surface area contributed by atoms with Crippen molar-refractivity contribution in [1.29, 1.82) is 0 Å². The Labute approximate surface area is 125 Å². The first-order chi connectivity index (χ1) is 10.3. The molecule has 116 valence electrons. The molecular weight excluding hydrogens is 316 g/mol. The molecule has 0 saturated heterocycles. The van der Waals surface area contributed by atoms with Crippen LogP contribution in [-0.4, -0.2) is 14.4 Å². The van der Waals surface area contributed by atoms with Crippen molar-refractivity contribution in [1.82, 2.24) is 0 Å². The largest absolute Gasteiger partial charge is 0.351 e. The topological polar surface area (TPSA) is 101 Å². The van der Waals surface area contributed by atoms with Crippen molar-refractivity contribution in [2.75, 3.05) is 10.0 Å². The lowest BCUT2D eigenvalue weighted by Gasteiger charge is -2.11. The molecule has 0 aliphatic carbocycles. The van der Waals surface area contributed by atoms with E-state index in [0.29, 0.717) is 0 Å². The first-order valence-electron chi connectivity index (χ1n) is 5.93. The van der Waals surface area contributed by atoms with Crippen LogP contribution in [-0.2, 0) is 10.0 Å². The molecule has 2 aromatic carbocycles. The number of urea groups is 1. The minimum absolute atomic E-state index is 0.00824. The summed E-state index contributed by atoms with van der Waals surface area (Å²) in [6.07, 6.45) is 0. The van der Waals surface area contributed by atoms with Gasteiger partial charge in [0.15, 0.2) is 4.90 Å². The average molecular weight is 327 g/mol. The van der Waals surface area contributed by atoms with Crippen molar-refractivity contribution in [3.63, 3.8) is 0 Å². The van der Waals surface area contributed by atoms with Crippen LogP contribution in [0, 0.1) is 11.6 Å². The van der Waals surface area contributed by atoms with E-state index >= 15 is 0 Å². The van der Waals surface area contributed by atoms with E-state index in [1.807, 2.05) is 4.72 Å². The molecule has 0 aliphatic heterocycles. The van der Waals surface area contributed by atoms with Crippen LogP contribution in [0.2, 0.25) is 0 Å². The lowest BCUT2D eigenvalue weighted by Crippen LogP contribution is -2.20. The van der Waals surface area contributed by atoms with Crippen molar-refractivity contribution in [2.45, 2.75) is 4.90 Å². The van der Waals surface area contributed by atoms with E-state index in [-0.39, 0.29) is 11.4 Å². The van der Waals surface area contributed by atoms with Crippen LogP contribution in [0.5, 0.6) is 0 Å². The summed E-state index contributed by atoms with van der Waals surface area (Å²) in [5.74, 6) is -2.42. The number of carbonyl (C=O) groups is 1. The number of halogens is 2. The molecule has 22 heavy (non-hydrogen) atoms. The molecule has 9 heteroatoms. The number of rotatable bonds is 4. The molecule has 0 heterocycles. The van der Waals surface area contributed by atoms with Gasteiger partial charge in [0, 0.05) is 5.69 Å². The van der Waals surface area contributed by atoms with Gasteiger partial charge in [-0.25, -0.2) is 22.0 Å². The summed E-state index contributed by atoms with van der Waals surface area (Å²) in [5, 5.41) is 2.25. The van der Waals surface area contributed by atoms with Crippen molar-refractivity contribution in [3.05, 3.63) is 54.1 Å². The highest BCUT2D eigenvalue weighted by Gasteiger charge is 2.23. The Balaban J connectivity index is 2.35. The van der Waals surface area contributed by atoms with Gasteiger partial charge >= 0.3 is 6.03 Å². The van der Waals surface area contributed by atoms with E-state index in [9.17, 15) is 22.0 Å². The third-order valence-corrected chi connectivity index (χ3v) is 4.00. The summed E-state index contributed by atoms with van der Waals surface area (Å²) in [4.78, 5) is 9.67. The Hall–Kier alpha value is -2.68. The van der Waals surface area contributed by atoms with Gasteiger partial charge in [-0.15, -0.1) is 0 Å². The number of carbonyl (C=O) groups excluding carboxylic acids is 1. The second-order valence-corrected chi connectivity index (χ2v) is 5.85. The standard InChI is InChI=1S/C13H11F2N3O3S/c14-10-5-2-6-11(15)12(10)22(20,21)18-9-4-1-3-8(7-9)17-13(16)19/h1-7,18H,(H3,16,17,19). The van der Waals surface area contributed by atoms with Crippen LogP contribution >= 0.6 is 0 Å². The van der Waals surface area contributed by atoms with Gasteiger partial charge in [0.05, 0.1) is 5.69 Å². The van der Waals surface area contributed by atoms with Crippen LogP contribution in [0.25, 0.3) is 0 Å². The number of benzene rings is 2. The molecule has 0 saturated carbocycles. The summed E-state index contributed by atoms with van der Waals surface area (Å²) in [5.41, 5.74) is 5.18. The molecule has 4 N–H and O–H groups in total. The van der Waals surface area contributed by atoms with Crippen LogP contribution < -0.4 is 15.8 Å². The Kier molecular flexibility index (Phi) is 4.27. The lowest BCUT2D eigenvalue weighted by atomic mass is 10.3. The van der Waals surface area contributed by atoms with Gasteiger partial charge in [-0.3, -0.25) is 4.72 Å². The maximum absolute atomic E-state index is 13.6. The second kappa shape index (κ2) is 5.98. The second-order valence-electron chi connectivity index (χ2n) is 4.23. The Morgan fingerprint density at radius 3 is 2.14 bits per heavy atom. The summed E-state index contributed by atoms with van der Waals surface area (Å²) < 4.78 is 53.3. The molecule has 0 fully saturated rings. The molecule has 0 aromatic heterocycles. The summed E-state index contributed by atoms with van der Waals surface area (Å²) >= 11 is 0. The summed E-state index contributed by atoms with van der Waals surface area (Å²) in [6.45, 7) is 0. The van der Waals surface area contributed by atoms with Crippen molar-refractivity contribution >= 4 is 27.4 Å². The first-order valence-corrected chi connectivity index (χ1v) is 7.41. The van der Waals surface area contributed by atoms with E-state index < -0.39 is 32.6 Å². The number of nitrogens with one attached hydrogen (secondary N) is 2. The van der Waals surface area contributed by atoms with Gasteiger partial charge in [-0.2, -0.15) is 0 Å². The number of sulfonamides is 1. The fraction of sp³-hybridized carbons (Fsp3) is 0. The van der Waals surface area contributed by atoms with E-state index in [1.165, 1.54) is 24.3 Å². The lowest BCUT2D eigenvalue weighted by molar-refractivity contribution is 0.259. The number of anilines is 2. The molecule has 2 amide bonds. The highest BCUT2D eigenvalue weighted by molar-refractivity contribution is 7.92. The highest BCUT2D eigenvalue weighted by Crippen LogP contribution is 2.23.